The highest BCUT2D eigenvalue weighted by Gasteiger charge is 2.43. The molecule has 0 bridgehead atoms. The molecule has 1 spiro atoms. The molecule has 1 saturated heterocycles. The summed E-state index contributed by atoms with van der Waals surface area (Å²) in [6.45, 7) is 2.06. The summed E-state index contributed by atoms with van der Waals surface area (Å²) in [5.74, 6) is 1.50. The molecule has 2 aliphatic heterocycles. The van der Waals surface area contributed by atoms with Crippen LogP contribution >= 0.6 is 0 Å². The zero-order chi connectivity index (χ0) is 18.9. The van der Waals surface area contributed by atoms with Gasteiger partial charge in [0, 0.05) is 24.7 Å². The molecule has 0 aliphatic carbocycles. The number of aromatic amines is 1. The summed E-state index contributed by atoms with van der Waals surface area (Å²) in [7, 11) is 3.22. The van der Waals surface area contributed by atoms with Gasteiger partial charge in [0.25, 0.3) is 0 Å². The third kappa shape index (κ3) is 3.27. The van der Waals surface area contributed by atoms with Gasteiger partial charge in [0.2, 0.25) is 5.91 Å². The number of likely N-dealkylation sites (tertiary alicyclic amines) is 1. The summed E-state index contributed by atoms with van der Waals surface area (Å²) in [6.07, 6.45) is 4.68. The highest BCUT2D eigenvalue weighted by molar-refractivity contribution is 5.79. The van der Waals surface area contributed by atoms with E-state index < -0.39 is 0 Å². The van der Waals surface area contributed by atoms with Crippen LogP contribution in [0.2, 0.25) is 0 Å². The molecule has 1 N–H and O–H groups in total. The zero-order valence-corrected chi connectivity index (χ0v) is 15.8. The molecule has 1 aromatic heterocycles. The Balaban J connectivity index is 1.43. The maximum Gasteiger partial charge on any atom is 0.227 e. The van der Waals surface area contributed by atoms with E-state index in [0.29, 0.717) is 37.6 Å². The number of carbonyl (C=O) groups is 1. The number of methoxy groups -OCH3 is 2. The van der Waals surface area contributed by atoms with Crippen LogP contribution in [0.25, 0.3) is 0 Å². The number of piperidine rings is 1. The van der Waals surface area contributed by atoms with Gasteiger partial charge < -0.3 is 19.1 Å². The number of hydrogen-bond acceptors (Lipinski definition) is 5. The van der Waals surface area contributed by atoms with E-state index in [0.717, 1.165) is 30.5 Å². The van der Waals surface area contributed by atoms with Gasteiger partial charge in [0.1, 0.15) is 17.1 Å². The molecule has 144 valence electrons. The molecule has 3 heterocycles. The van der Waals surface area contributed by atoms with E-state index in [1.54, 1.807) is 14.2 Å². The fourth-order valence-corrected chi connectivity index (χ4v) is 4.11. The van der Waals surface area contributed by atoms with E-state index in [-0.39, 0.29) is 11.5 Å². The fraction of sp³-hybridized carbons (Fsp3) is 0.500. The quantitative estimate of drug-likeness (QED) is 0.890. The first-order valence-corrected chi connectivity index (χ1v) is 9.30. The number of H-pyrrole nitrogens is 1. The van der Waals surface area contributed by atoms with Crippen LogP contribution in [0.1, 0.15) is 29.7 Å². The number of hydrogen-bond donors (Lipinski definition) is 1. The number of nitrogens with one attached hydrogen (secondary N) is 1. The number of rotatable bonds is 4. The molecule has 0 saturated carbocycles. The normalized spacial score (nSPS) is 18.2. The minimum atomic E-state index is -0.321. The Morgan fingerprint density at radius 1 is 1.30 bits per heavy atom. The summed E-state index contributed by atoms with van der Waals surface area (Å²) in [4.78, 5) is 14.8. The first kappa shape index (κ1) is 17.9. The average Bonchev–Trinajstić information content (AvgIpc) is 3.19. The monoisotopic (exact) mass is 371 g/mol. The van der Waals surface area contributed by atoms with Crippen LogP contribution < -0.4 is 9.47 Å². The predicted molar refractivity (Wildman–Crippen MR) is 99.0 cm³/mol. The lowest BCUT2D eigenvalue weighted by Gasteiger charge is -2.43. The Morgan fingerprint density at radius 3 is 2.85 bits per heavy atom. The highest BCUT2D eigenvalue weighted by Crippen LogP contribution is 2.40. The van der Waals surface area contributed by atoms with E-state index in [1.165, 1.54) is 5.56 Å². The van der Waals surface area contributed by atoms with Crippen LogP contribution in [-0.2, 0) is 28.0 Å². The Bertz CT molecular complexity index is 824. The molecular formula is C20H25N3O4. The second-order valence-electron chi connectivity index (χ2n) is 7.10. The second-order valence-corrected chi connectivity index (χ2v) is 7.10. The number of nitrogens with zero attached hydrogens (tertiary/aromatic N) is 2. The van der Waals surface area contributed by atoms with E-state index >= 15 is 0 Å². The van der Waals surface area contributed by atoms with Crippen molar-refractivity contribution in [2.45, 2.75) is 31.3 Å². The molecule has 0 atom stereocenters. The number of carbonyl (C=O) groups excluding carboxylic acids is 1. The van der Waals surface area contributed by atoms with Gasteiger partial charge >= 0.3 is 0 Å². The standard InChI is InChI=1S/C20H25N3O4/c1-25-16-4-3-14(17(12-16)26-2)11-18(24)23-8-6-20(7-9-23)19-15(5-10-27-20)13-21-22-19/h3-4,12-13H,5-11H2,1-2H3,(H,21,22). The van der Waals surface area contributed by atoms with E-state index in [1.807, 2.05) is 29.3 Å². The van der Waals surface area contributed by atoms with Crippen LogP contribution in [0.3, 0.4) is 0 Å². The molecule has 1 amide bonds. The Morgan fingerprint density at radius 2 is 2.11 bits per heavy atom. The van der Waals surface area contributed by atoms with E-state index in [2.05, 4.69) is 10.2 Å². The van der Waals surface area contributed by atoms with Gasteiger partial charge in [-0.25, -0.2) is 0 Å². The Labute approximate surface area is 158 Å². The first-order chi connectivity index (χ1) is 13.1. The van der Waals surface area contributed by atoms with Gasteiger partial charge in [-0.15, -0.1) is 0 Å². The zero-order valence-electron chi connectivity index (χ0n) is 15.8. The number of fused-ring (bicyclic) bond motifs is 2. The van der Waals surface area contributed by atoms with Crippen molar-refractivity contribution in [3.8, 4) is 11.5 Å². The number of ether oxygens (including phenoxy) is 3. The van der Waals surface area contributed by atoms with Crippen molar-refractivity contribution in [2.24, 2.45) is 0 Å². The van der Waals surface area contributed by atoms with Gasteiger partial charge in [-0.1, -0.05) is 6.07 Å². The van der Waals surface area contributed by atoms with Gasteiger partial charge in [-0.2, -0.15) is 5.10 Å². The lowest BCUT2D eigenvalue weighted by Crippen LogP contribution is -2.48. The molecule has 2 aromatic rings. The van der Waals surface area contributed by atoms with Crippen molar-refractivity contribution in [1.29, 1.82) is 0 Å². The second kappa shape index (κ2) is 7.23. The summed E-state index contributed by atoms with van der Waals surface area (Å²) < 4.78 is 16.8. The average molecular weight is 371 g/mol. The Hall–Kier alpha value is -2.54. The van der Waals surface area contributed by atoms with Gasteiger partial charge in [0.05, 0.1) is 39.1 Å². The van der Waals surface area contributed by atoms with Crippen molar-refractivity contribution in [2.75, 3.05) is 33.9 Å². The van der Waals surface area contributed by atoms with Gasteiger partial charge in [-0.3, -0.25) is 9.89 Å². The number of benzene rings is 1. The first-order valence-electron chi connectivity index (χ1n) is 9.30. The Kier molecular flexibility index (Phi) is 4.78. The highest BCUT2D eigenvalue weighted by atomic mass is 16.5. The molecular weight excluding hydrogens is 346 g/mol. The van der Waals surface area contributed by atoms with Gasteiger partial charge in [0.15, 0.2) is 0 Å². The van der Waals surface area contributed by atoms with Crippen LogP contribution in [-0.4, -0.2) is 54.9 Å². The minimum absolute atomic E-state index is 0.106. The minimum Gasteiger partial charge on any atom is -0.497 e. The van der Waals surface area contributed by atoms with Crippen molar-refractivity contribution in [3.05, 3.63) is 41.2 Å². The summed E-state index contributed by atoms with van der Waals surface area (Å²) in [6, 6.07) is 5.55. The van der Waals surface area contributed by atoms with Gasteiger partial charge in [-0.05, 0) is 30.9 Å². The molecule has 0 unspecified atom stereocenters. The predicted octanol–water partition coefficient (Wildman–Crippen LogP) is 2.06. The van der Waals surface area contributed by atoms with Crippen molar-refractivity contribution >= 4 is 5.91 Å². The molecule has 2 aliphatic rings. The van der Waals surface area contributed by atoms with Crippen molar-refractivity contribution < 1.29 is 19.0 Å². The summed E-state index contributed by atoms with van der Waals surface area (Å²) >= 11 is 0. The lowest BCUT2D eigenvalue weighted by atomic mass is 9.83. The SMILES string of the molecule is COc1ccc(CC(=O)N2CCC3(CC2)OCCc2cn[nH]c23)c(OC)c1. The van der Waals surface area contributed by atoms with Crippen molar-refractivity contribution in [3.63, 3.8) is 0 Å². The van der Waals surface area contributed by atoms with Crippen LogP contribution in [0, 0.1) is 0 Å². The molecule has 7 nitrogen and oxygen atoms in total. The molecule has 0 radical (unpaired) electrons. The molecule has 4 rings (SSSR count). The summed E-state index contributed by atoms with van der Waals surface area (Å²) in [5, 5.41) is 7.31. The van der Waals surface area contributed by atoms with Crippen LogP contribution in [0.15, 0.2) is 24.4 Å². The third-order valence-electron chi connectivity index (χ3n) is 5.68. The van der Waals surface area contributed by atoms with Crippen LogP contribution in [0.5, 0.6) is 11.5 Å². The van der Waals surface area contributed by atoms with Crippen molar-refractivity contribution in [1.82, 2.24) is 15.1 Å². The third-order valence-corrected chi connectivity index (χ3v) is 5.68. The van der Waals surface area contributed by atoms with E-state index in [4.69, 9.17) is 14.2 Å². The van der Waals surface area contributed by atoms with Crippen LogP contribution in [0.4, 0.5) is 0 Å². The molecule has 1 aromatic carbocycles. The lowest BCUT2D eigenvalue weighted by molar-refractivity contribution is -0.140. The fourth-order valence-electron chi connectivity index (χ4n) is 4.11. The maximum absolute atomic E-state index is 12.8. The number of amides is 1. The molecule has 7 heteroatoms. The largest absolute Gasteiger partial charge is 0.497 e. The summed E-state index contributed by atoms with van der Waals surface area (Å²) in [5.41, 5.74) is 2.88. The topological polar surface area (TPSA) is 76.7 Å². The maximum atomic E-state index is 12.8. The van der Waals surface area contributed by atoms with E-state index in [9.17, 15) is 4.79 Å². The number of aromatic nitrogens is 2. The molecule has 27 heavy (non-hydrogen) atoms. The molecule has 1 fully saturated rings. The smallest absolute Gasteiger partial charge is 0.227 e.